The van der Waals surface area contributed by atoms with Gasteiger partial charge in [-0.15, -0.1) is 0 Å². The highest BCUT2D eigenvalue weighted by molar-refractivity contribution is 6.09. The van der Waals surface area contributed by atoms with Crippen LogP contribution in [-0.4, -0.2) is 53.7 Å². The number of methoxy groups -OCH3 is 1. The van der Waals surface area contributed by atoms with Crippen molar-refractivity contribution in [3.05, 3.63) is 47.3 Å². The van der Waals surface area contributed by atoms with E-state index in [4.69, 9.17) is 9.84 Å². The van der Waals surface area contributed by atoms with Gasteiger partial charge in [0.15, 0.2) is 0 Å². The van der Waals surface area contributed by atoms with Gasteiger partial charge >= 0.3 is 5.97 Å². The Morgan fingerprint density at radius 3 is 2.92 bits per heavy atom. The summed E-state index contributed by atoms with van der Waals surface area (Å²) in [6.45, 7) is 1.98. The van der Waals surface area contributed by atoms with E-state index in [-0.39, 0.29) is 36.9 Å². The van der Waals surface area contributed by atoms with Crippen molar-refractivity contribution in [2.75, 3.05) is 32.1 Å². The molecule has 1 aliphatic heterocycles. The summed E-state index contributed by atoms with van der Waals surface area (Å²) in [5.74, 6) is -0.913. The zero-order valence-corrected chi connectivity index (χ0v) is 14.1. The Morgan fingerprint density at radius 2 is 2.20 bits per heavy atom. The van der Waals surface area contributed by atoms with Crippen LogP contribution in [0.4, 0.5) is 5.69 Å². The van der Waals surface area contributed by atoms with E-state index in [1.54, 1.807) is 6.20 Å². The van der Waals surface area contributed by atoms with E-state index in [1.165, 1.54) is 12.0 Å². The van der Waals surface area contributed by atoms with E-state index in [2.05, 4.69) is 10.3 Å². The number of rotatable bonds is 5. The molecule has 2 N–H and O–H groups in total. The number of carbonyl (C=O) groups is 2. The van der Waals surface area contributed by atoms with Gasteiger partial charge in [0.1, 0.15) is 5.70 Å². The third-order valence-corrected chi connectivity index (χ3v) is 4.19. The number of β-amino-alcohol motifs (C(OH)–C–C–N with tert-alkyl or cyclic N) is 1. The van der Waals surface area contributed by atoms with Crippen molar-refractivity contribution in [3.63, 3.8) is 0 Å². The molecule has 130 valence electrons. The molecule has 1 aromatic heterocycles. The maximum atomic E-state index is 12.6. The Bertz CT molecular complexity index is 876. The van der Waals surface area contributed by atoms with Gasteiger partial charge in [-0.2, -0.15) is 0 Å². The van der Waals surface area contributed by atoms with Crippen molar-refractivity contribution in [2.24, 2.45) is 0 Å². The molecule has 7 nitrogen and oxygen atoms in total. The number of aliphatic hydroxyl groups excluding tert-OH is 1. The fourth-order valence-electron chi connectivity index (χ4n) is 2.88. The van der Waals surface area contributed by atoms with Crippen LogP contribution in [0.2, 0.25) is 0 Å². The van der Waals surface area contributed by atoms with Crippen molar-refractivity contribution in [1.82, 2.24) is 9.88 Å². The summed E-state index contributed by atoms with van der Waals surface area (Å²) in [5.41, 5.74) is 2.70. The molecule has 0 saturated heterocycles. The van der Waals surface area contributed by atoms with Gasteiger partial charge in [-0.1, -0.05) is 18.2 Å². The highest BCUT2D eigenvalue weighted by Gasteiger charge is 2.34. The number of benzene rings is 1. The smallest absolute Gasteiger partial charge is 0.337 e. The molecule has 0 saturated carbocycles. The molecular formula is C18H19N3O4. The molecule has 0 radical (unpaired) electrons. The lowest BCUT2D eigenvalue weighted by Crippen LogP contribution is -2.31. The fourth-order valence-corrected chi connectivity index (χ4v) is 2.88. The number of aliphatic hydroxyl groups is 1. The van der Waals surface area contributed by atoms with Crippen molar-refractivity contribution >= 4 is 28.5 Å². The van der Waals surface area contributed by atoms with E-state index in [0.717, 1.165) is 10.9 Å². The fraction of sp³-hybridized carbons (Fsp3) is 0.278. The first kappa shape index (κ1) is 16.9. The Morgan fingerprint density at radius 1 is 1.40 bits per heavy atom. The zero-order valence-electron chi connectivity index (χ0n) is 14.1. The van der Waals surface area contributed by atoms with Crippen LogP contribution in [-0.2, 0) is 14.3 Å². The summed E-state index contributed by atoms with van der Waals surface area (Å²) in [4.78, 5) is 30.5. The highest BCUT2D eigenvalue weighted by Crippen LogP contribution is 2.29. The van der Waals surface area contributed by atoms with Crippen molar-refractivity contribution in [3.8, 4) is 0 Å². The van der Waals surface area contributed by atoms with Crippen LogP contribution >= 0.6 is 0 Å². The molecule has 0 spiro atoms. The summed E-state index contributed by atoms with van der Waals surface area (Å²) in [6.07, 6.45) is 1.68. The first-order valence-electron chi connectivity index (χ1n) is 7.89. The second-order valence-electron chi connectivity index (χ2n) is 5.75. The minimum atomic E-state index is -0.567. The number of hydrogen-bond donors (Lipinski definition) is 2. The van der Waals surface area contributed by atoms with Crippen molar-refractivity contribution in [2.45, 2.75) is 6.92 Å². The number of aryl methyl sites for hydroxylation is 1. The van der Waals surface area contributed by atoms with Crippen LogP contribution in [0, 0.1) is 6.92 Å². The SMILES string of the molecule is COC(=O)C1=C(Nc2c(C)ccc3cccnc23)C(=O)N(CCO)C1. The number of aromatic nitrogens is 1. The number of amides is 1. The first-order chi connectivity index (χ1) is 12.1. The van der Waals surface area contributed by atoms with Gasteiger partial charge in [0, 0.05) is 18.1 Å². The molecule has 0 bridgehead atoms. The summed E-state index contributed by atoms with van der Waals surface area (Å²) >= 11 is 0. The summed E-state index contributed by atoms with van der Waals surface area (Å²) < 4.78 is 4.80. The molecule has 1 aromatic carbocycles. The number of carbonyl (C=O) groups excluding carboxylic acids is 2. The molecule has 2 aromatic rings. The molecular weight excluding hydrogens is 322 g/mol. The monoisotopic (exact) mass is 341 g/mol. The topological polar surface area (TPSA) is 91.8 Å². The first-order valence-corrected chi connectivity index (χ1v) is 7.89. The van der Waals surface area contributed by atoms with Gasteiger partial charge in [0.2, 0.25) is 0 Å². The normalized spacial score (nSPS) is 14.4. The van der Waals surface area contributed by atoms with Gasteiger partial charge < -0.3 is 20.1 Å². The van der Waals surface area contributed by atoms with Gasteiger partial charge in [-0.05, 0) is 18.6 Å². The van der Waals surface area contributed by atoms with Gasteiger partial charge in [-0.25, -0.2) is 4.79 Å². The lowest BCUT2D eigenvalue weighted by molar-refractivity contribution is -0.136. The molecule has 0 fully saturated rings. The van der Waals surface area contributed by atoms with Crippen LogP contribution in [0.5, 0.6) is 0 Å². The summed E-state index contributed by atoms with van der Waals surface area (Å²) in [5, 5.41) is 13.2. The van der Waals surface area contributed by atoms with Gasteiger partial charge in [-0.3, -0.25) is 9.78 Å². The maximum Gasteiger partial charge on any atom is 0.337 e. The standard InChI is InChI=1S/C18H19N3O4/c1-11-5-6-12-4-3-7-19-15(12)14(11)20-16-13(18(24)25-2)10-21(8-9-22)17(16)23/h3-7,20,22H,8-10H2,1-2H3. The summed E-state index contributed by atoms with van der Waals surface area (Å²) in [6, 6.07) is 7.64. The van der Waals surface area contributed by atoms with Gasteiger partial charge in [0.05, 0.1) is 37.0 Å². The predicted octanol–water partition coefficient (Wildman–Crippen LogP) is 1.22. The molecule has 0 aliphatic carbocycles. The number of ether oxygens (including phenoxy) is 1. The van der Waals surface area contributed by atoms with Crippen LogP contribution in [0.25, 0.3) is 10.9 Å². The minimum absolute atomic E-state index is 0.103. The van der Waals surface area contributed by atoms with Crippen LogP contribution in [0.15, 0.2) is 41.7 Å². The van der Waals surface area contributed by atoms with E-state index in [9.17, 15) is 9.59 Å². The molecule has 7 heteroatoms. The Balaban J connectivity index is 2.07. The molecule has 3 rings (SSSR count). The predicted molar refractivity (Wildman–Crippen MR) is 92.8 cm³/mol. The Hall–Kier alpha value is -2.93. The maximum absolute atomic E-state index is 12.6. The van der Waals surface area contributed by atoms with Crippen LogP contribution < -0.4 is 5.32 Å². The van der Waals surface area contributed by atoms with Crippen molar-refractivity contribution < 1.29 is 19.4 Å². The number of nitrogens with zero attached hydrogens (tertiary/aromatic N) is 2. The average molecular weight is 341 g/mol. The number of anilines is 1. The molecule has 1 amide bonds. The molecule has 2 heterocycles. The number of nitrogens with one attached hydrogen (secondary N) is 1. The van der Waals surface area contributed by atoms with Crippen LogP contribution in [0.1, 0.15) is 5.56 Å². The Labute approximate surface area is 144 Å². The minimum Gasteiger partial charge on any atom is -0.466 e. The third kappa shape index (κ3) is 3.06. The van der Waals surface area contributed by atoms with E-state index in [1.807, 2.05) is 31.2 Å². The molecule has 0 atom stereocenters. The second kappa shape index (κ2) is 6.90. The number of esters is 1. The largest absolute Gasteiger partial charge is 0.466 e. The van der Waals surface area contributed by atoms with E-state index >= 15 is 0 Å². The molecule has 0 unspecified atom stereocenters. The number of hydrogen-bond acceptors (Lipinski definition) is 6. The second-order valence-corrected chi connectivity index (χ2v) is 5.75. The lowest BCUT2D eigenvalue weighted by atomic mass is 10.1. The molecule has 25 heavy (non-hydrogen) atoms. The third-order valence-electron chi connectivity index (χ3n) is 4.19. The zero-order chi connectivity index (χ0) is 18.0. The molecule has 1 aliphatic rings. The van der Waals surface area contributed by atoms with Gasteiger partial charge in [0.25, 0.3) is 5.91 Å². The van der Waals surface area contributed by atoms with Crippen molar-refractivity contribution in [1.29, 1.82) is 0 Å². The summed E-state index contributed by atoms with van der Waals surface area (Å²) in [7, 11) is 1.27. The Kier molecular flexibility index (Phi) is 4.67. The quantitative estimate of drug-likeness (QED) is 0.795. The number of fused-ring (bicyclic) bond motifs is 1. The van der Waals surface area contributed by atoms with E-state index in [0.29, 0.717) is 11.2 Å². The van der Waals surface area contributed by atoms with E-state index < -0.39 is 5.97 Å². The lowest BCUT2D eigenvalue weighted by Gasteiger charge is -2.16. The average Bonchev–Trinajstić information content (AvgIpc) is 2.93. The van der Waals surface area contributed by atoms with Crippen LogP contribution in [0.3, 0.4) is 0 Å². The number of pyridine rings is 1. The highest BCUT2D eigenvalue weighted by atomic mass is 16.5.